The molecule has 1 aliphatic heterocycles. The summed E-state index contributed by atoms with van der Waals surface area (Å²) in [4.78, 5) is 16.1. The minimum atomic E-state index is -0.0572. The first-order chi connectivity index (χ1) is 10.4. The summed E-state index contributed by atoms with van der Waals surface area (Å²) in [5, 5.41) is 7.07. The fourth-order valence-electron chi connectivity index (χ4n) is 2.82. The van der Waals surface area contributed by atoms with Crippen LogP contribution in [-0.2, 0) is 18.3 Å². The fourth-order valence-corrected chi connectivity index (χ4v) is 2.82. The van der Waals surface area contributed by atoms with Crippen molar-refractivity contribution in [3.63, 3.8) is 0 Å². The van der Waals surface area contributed by atoms with Crippen LogP contribution in [0.3, 0.4) is 0 Å². The van der Waals surface area contributed by atoms with E-state index >= 15 is 0 Å². The normalized spacial score (nSPS) is 22.5. The molecule has 2 amide bonds. The maximum atomic E-state index is 12.1. The van der Waals surface area contributed by atoms with Gasteiger partial charge in [-0.1, -0.05) is 0 Å². The Kier molecular flexibility index (Phi) is 5.79. The molecule has 2 rings (SSSR count). The lowest BCUT2D eigenvalue weighted by Crippen LogP contribution is -2.48. The number of carbonyl (C=O) groups excluding carboxylic acids is 1. The molecule has 1 fully saturated rings. The first kappa shape index (κ1) is 16.8. The maximum Gasteiger partial charge on any atom is 0.317 e. The minimum Gasteiger partial charge on any atom is -0.373 e. The zero-order valence-electron chi connectivity index (χ0n) is 14.0. The molecule has 7 heteroatoms. The fraction of sp³-hybridized carbons (Fsp3) is 0.733. The van der Waals surface area contributed by atoms with Gasteiger partial charge in [0.15, 0.2) is 0 Å². The van der Waals surface area contributed by atoms with E-state index in [1.54, 1.807) is 22.8 Å². The molecule has 0 radical (unpaired) electrons. The molecular formula is C15H27N5O2. The van der Waals surface area contributed by atoms with Gasteiger partial charge in [-0.2, -0.15) is 5.10 Å². The first-order valence-electron chi connectivity index (χ1n) is 7.78. The molecular weight excluding hydrogens is 282 g/mol. The molecule has 2 heterocycles. The zero-order chi connectivity index (χ0) is 16.1. The van der Waals surface area contributed by atoms with Crippen molar-refractivity contribution < 1.29 is 9.53 Å². The van der Waals surface area contributed by atoms with Crippen LogP contribution in [-0.4, -0.2) is 71.0 Å². The molecule has 7 nitrogen and oxygen atoms in total. The van der Waals surface area contributed by atoms with Crippen molar-refractivity contribution in [2.45, 2.75) is 32.6 Å². The molecule has 1 aromatic heterocycles. The van der Waals surface area contributed by atoms with Gasteiger partial charge in [0.2, 0.25) is 0 Å². The Morgan fingerprint density at radius 2 is 2.14 bits per heavy atom. The number of nitrogens with one attached hydrogen (secondary N) is 1. The Balaban J connectivity index is 1.68. The van der Waals surface area contributed by atoms with Gasteiger partial charge in [0, 0.05) is 52.0 Å². The summed E-state index contributed by atoms with van der Waals surface area (Å²) >= 11 is 0. The van der Waals surface area contributed by atoms with E-state index in [-0.39, 0.29) is 18.2 Å². The number of amides is 2. The monoisotopic (exact) mass is 309 g/mol. The van der Waals surface area contributed by atoms with Gasteiger partial charge in [0.25, 0.3) is 0 Å². The van der Waals surface area contributed by atoms with E-state index in [0.29, 0.717) is 13.1 Å². The number of morpholine rings is 1. The standard InChI is InChI=1S/C15H27N5O2/c1-12-8-20(9-13(2)22-12)6-5-16-15(21)18(3)10-14-7-17-19(4)11-14/h7,11-13H,5-6,8-10H2,1-4H3,(H,16,21)/t12-,13+. The van der Waals surface area contributed by atoms with Gasteiger partial charge >= 0.3 is 6.03 Å². The van der Waals surface area contributed by atoms with Crippen molar-refractivity contribution in [3.05, 3.63) is 18.0 Å². The average molecular weight is 309 g/mol. The third-order valence-corrected chi connectivity index (χ3v) is 3.72. The number of aryl methyl sites for hydroxylation is 1. The zero-order valence-corrected chi connectivity index (χ0v) is 14.0. The predicted molar refractivity (Wildman–Crippen MR) is 84.5 cm³/mol. The number of aromatic nitrogens is 2. The Labute approximate surface area is 132 Å². The second-order valence-corrected chi connectivity index (χ2v) is 6.13. The number of rotatable bonds is 5. The van der Waals surface area contributed by atoms with E-state index in [1.807, 2.05) is 13.2 Å². The number of urea groups is 1. The Morgan fingerprint density at radius 1 is 1.45 bits per heavy atom. The van der Waals surface area contributed by atoms with Gasteiger partial charge in [0.1, 0.15) is 0 Å². The highest BCUT2D eigenvalue weighted by Gasteiger charge is 2.21. The van der Waals surface area contributed by atoms with Crippen LogP contribution in [0.1, 0.15) is 19.4 Å². The molecule has 0 saturated carbocycles. The second kappa shape index (κ2) is 7.60. The summed E-state index contributed by atoms with van der Waals surface area (Å²) in [5.74, 6) is 0. The highest BCUT2D eigenvalue weighted by atomic mass is 16.5. The van der Waals surface area contributed by atoms with Crippen molar-refractivity contribution in [2.24, 2.45) is 7.05 Å². The number of hydrogen-bond donors (Lipinski definition) is 1. The van der Waals surface area contributed by atoms with Gasteiger partial charge < -0.3 is 15.0 Å². The van der Waals surface area contributed by atoms with Crippen LogP contribution in [0.4, 0.5) is 4.79 Å². The van der Waals surface area contributed by atoms with E-state index in [2.05, 4.69) is 29.2 Å². The van der Waals surface area contributed by atoms with Crippen LogP contribution in [0.5, 0.6) is 0 Å². The van der Waals surface area contributed by atoms with Crippen LogP contribution in [0.2, 0.25) is 0 Å². The van der Waals surface area contributed by atoms with Crippen LogP contribution < -0.4 is 5.32 Å². The van der Waals surface area contributed by atoms with E-state index in [4.69, 9.17) is 4.74 Å². The van der Waals surface area contributed by atoms with Crippen molar-refractivity contribution in [1.29, 1.82) is 0 Å². The maximum absolute atomic E-state index is 12.1. The van der Waals surface area contributed by atoms with Gasteiger partial charge in [0.05, 0.1) is 24.9 Å². The molecule has 0 unspecified atom stereocenters. The van der Waals surface area contributed by atoms with E-state index in [9.17, 15) is 4.79 Å². The van der Waals surface area contributed by atoms with E-state index in [1.165, 1.54) is 0 Å². The lowest BCUT2D eigenvalue weighted by atomic mass is 10.2. The van der Waals surface area contributed by atoms with Crippen LogP contribution in [0, 0.1) is 0 Å². The summed E-state index contributed by atoms with van der Waals surface area (Å²) in [7, 11) is 3.66. The largest absolute Gasteiger partial charge is 0.373 e. The molecule has 0 aromatic carbocycles. The molecule has 124 valence electrons. The van der Waals surface area contributed by atoms with Crippen LogP contribution >= 0.6 is 0 Å². The molecule has 1 saturated heterocycles. The highest BCUT2D eigenvalue weighted by molar-refractivity contribution is 5.73. The van der Waals surface area contributed by atoms with Crippen molar-refractivity contribution in [2.75, 3.05) is 33.2 Å². The third kappa shape index (κ3) is 4.99. The lowest BCUT2D eigenvalue weighted by Gasteiger charge is -2.35. The van der Waals surface area contributed by atoms with E-state index < -0.39 is 0 Å². The van der Waals surface area contributed by atoms with Gasteiger partial charge in [-0.3, -0.25) is 9.58 Å². The molecule has 0 bridgehead atoms. The van der Waals surface area contributed by atoms with Crippen LogP contribution in [0.15, 0.2) is 12.4 Å². The van der Waals surface area contributed by atoms with Crippen molar-refractivity contribution >= 4 is 6.03 Å². The Hall–Kier alpha value is -1.60. The summed E-state index contributed by atoms with van der Waals surface area (Å²) in [6.07, 6.45) is 4.21. The molecule has 0 spiro atoms. The summed E-state index contributed by atoms with van der Waals surface area (Å²) in [6.45, 7) is 8.08. The number of nitrogens with zero attached hydrogens (tertiary/aromatic N) is 4. The molecule has 22 heavy (non-hydrogen) atoms. The third-order valence-electron chi connectivity index (χ3n) is 3.72. The Morgan fingerprint density at radius 3 is 2.73 bits per heavy atom. The van der Waals surface area contributed by atoms with Gasteiger partial charge in [-0.05, 0) is 13.8 Å². The second-order valence-electron chi connectivity index (χ2n) is 6.13. The SMILES string of the molecule is C[C@@H]1CN(CCNC(=O)N(C)Cc2cnn(C)c2)C[C@H](C)O1. The Bertz CT molecular complexity index is 480. The number of carbonyl (C=O) groups is 1. The van der Waals surface area contributed by atoms with Crippen LogP contribution in [0.25, 0.3) is 0 Å². The minimum absolute atomic E-state index is 0.0572. The molecule has 1 N–H and O–H groups in total. The number of hydrogen-bond acceptors (Lipinski definition) is 4. The quantitative estimate of drug-likeness (QED) is 0.868. The van der Waals surface area contributed by atoms with Crippen molar-refractivity contribution in [1.82, 2.24) is 24.9 Å². The smallest absolute Gasteiger partial charge is 0.317 e. The summed E-state index contributed by atoms with van der Waals surface area (Å²) < 4.78 is 7.44. The molecule has 0 aliphatic carbocycles. The van der Waals surface area contributed by atoms with Crippen molar-refractivity contribution in [3.8, 4) is 0 Å². The summed E-state index contributed by atoms with van der Waals surface area (Å²) in [5.41, 5.74) is 1.02. The van der Waals surface area contributed by atoms with E-state index in [0.717, 1.165) is 25.2 Å². The first-order valence-corrected chi connectivity index (χ1v) is 7.78. The lowest BCUT2D eigenvalue weighted by molar-refractivity contribution is -0.0672. The molecule has 1 aliphatic rings. The van der Waals surface area contributed by atoms with Gasteiger partial charge in [-0.25, -0.2) is 4.79 Å². The topological polar surface area (TPSA) is 62.6 Å². The predicted octanol–water partition coefficient (Wildman–Crippen LogP) is 0.671. The molecule has 1 aromatic rings. The molecule has 2 atom stereocenters. The summed E-state index contributed by atoms with van der Waals surface area (Å²) in [6, 6.07) is -0.0572. The number of ether oxygens (including phenoxy) is 1. The highest BCUT2D eigenvalue weighted by Crippen LogP contribution is 2.09. The average Bonchev–Trinajstić information content (AvgIpc) is 2.82. The van der Waals surface area contributed by atoms with Gasteiger partial charge in [-0.15, -0.1) is 0 Å².